The predicted molar refractivity (Wildman–Crippen MR) is 72.9 cm³/mol. The maximum absolute atomic E-state index is 12.3. The second-order valence-electron chi connectivity index (χ2n) is 5.24. The van der Waals surface area contributed by atoms with Gasteiger partial charge in [-0.25, -0.2) is 4.79 Å². The lowest BCUT2D eigenvalue weighted by molar-refractivity contribution is -0.131. The molecule has 2 heterocycles. The lowest BCUT2D eigenvalue weighted by Crippen LogP contribution is -2.43. The number of ether oxygens (including phenoxy) is 1. The number of fused-ring (bicyclic) bond motifs is 1. The number of ketones is 1. The molecule has 1 fully saturated rings. The first kappa shape index (κ1) is 12.9. The van der Waals surface area contributed by atoms with Crippen LogP contribution in [0.5, 0.6) is 5.75 Å². The molecule has 1 aromatic rings. The van der Waals surface area contributed by atoms with Gasteiger partial charge in [0.15, 0.2) is 5.78 Å². The number of carboxylic acids is 1. The van der Waals surface area contributed by atoms with Gasteiger partial charge in [-0.1, -0.05) is 6.07 Å². The van der Waals surface area contributed by atoms with Gasteiger partial charge in [0.2, 0.25) is 0 Å². The van der Waals surface area contributed by atoms with Gasteiger partial charge in [-0.05, 0) is 30.3 Å². The summed E-state index contributed by atoms with van der Waals surface area (Å²) in [5.41, 5.74) is 0.821. The average Bonchev–Trinajstić information content (AvgIpc) is 2.84. The Labute approximate surface area is 116 Å². The van der Waals surface area contributed by atoms with Crippen LogP contribution in [0.15, 0.2) is 24.3 Å². The number of nitrogens with one attached hydrogen (secondary N) is 1. The van der Waals surface area contributed by atoms with Gasteiger partial charge >= 0.3 is 5.97 Å². The van der Waals surface area contributed by atoms with E-state index < -0.39 is 11.6 Å². The van der Waals surface area contributed by atoms with Gasteiger partial charge in [-0.2, -0.15) is 0 Å². The van der Waals surface area contributed by atoms with Crippen LogP contribution in [0.2, 0.25) is 0 Å². The van der Waals surface area contributed by atoms with Crippen LogP contribution < -0.4 is 10.1 Å². The predicted octanol–water partition coefficient (Wildman–Crippen LogP) is 1.48. The van der Waals surface area contributed by atoms with E-state index in [1.807, 2.05) is 0 Å². The summed E-state index contributed by atoms with van der Waals surface area (Å²) in [6, 6.07) is 5.19. The fraction of sp³-hybridized carbons (Fsp3) is 0.333. The van der Waals surface area contributed by atoms with Crippen LogP contribution in [0.1, 0.15) is 28.8 Å². The van der Waals surface area contributed by atoms with Crippen molar-refractivity contribution in [2.45, 2.75) is 18.4 Å². The van der Waals surface area contributed by atoms with E-state index in [-0.39, 0.29) is 5.78 Å². The molecule has 3 rings (SSSR count). The largest absolute Gasteiger partial charge is 0.485 e. The highest BCUT2D eigenvalue weighted by Crippen LogP contribution is 2.37. The lowest BCUT2D eigenvalue weighted by Gasteiger charge is -2.34. The average molecular weight is 273 g/mol. The van der Waals surface area contributed by atoms with Crippen molar-refractivity contribution in [2.75, 3.05) is 13.1 Å². The standard InChI is InChI=1S/C15H15NO4/c17-12-8-15(5-6-16-9-15)20-13-3-1-10(7-11(12)13)2-4-14(18)19/h1-4,7,16H,5-6,8-9H2,(H,18,19). The van der Waals surface area contributed by atoms with Gasteiger partial charge in [-0.3, -0.25) is 4.79 Å². The molecular formula is C15H15NO4. The maximum Gasteiger partial charge on any atom is 0.328 e. The zero-order valence-electron chi connectivity index (χ0n) is 10.9. The molecule has 5 heteroatoms. The van der Waals surface area contributed by atoms with Crippen molar-refractivity contribution < 1.29 is 19.4 Å². The third-order valence-corrected chi connectivity index (χ3v) is 3.74. The first-order valence-electron chi connectivity index (χ1n) is 6.56. The summed E-state index contributed by atoms with van der Waals surface area (Å²) < 4.78 is 6.01. The third kappa shape index (κ3) is 2.32. The summed E-state index contributed by atoms with van der Waals surface area (Å²) >= 11 is 0. The second kappa shape index (κ2) is 4.76. The van der Waals surface area contributed by atoms with Crippen LogP contribution in [0, 0.1) is 0 Å². The summed E-state index contributed by atoms with van der Waals surface area (Å²) in [4.78, 5) is 22.8. The summed E-state index contributed by atoms with van der Waals surface area (Å²) in [7, 11) is 0. The monoisotopic (exact) mass is 273 g/mol. The molecule has 0 saturated carbocycles. The molecule has 0 amide bonds. The molecule has 0 aromatic heterocycles. The Morgan fingerprint density at radius 3 is 3.00 bits per heavy atom. The van der Waals surface area contributed by atoms with Crippen LogP contribution in [0.25, 0.3) is 6.08 Å². The number of rotatable bonds is 2. The van der Waals surface area contributed by atoms with Gasteiger partial charge in [0, 0.05) is 19.0 Å². The molecule has 2 N–H and O–H groups in total. The molecule has 1 atom stereocenters. The van der Waals surface area contributed by atoms with E-state index >= 15 is 0 Å². The van der Waals surface area contributed by atoms with Crippen molar-refractivity contribution in [1.29, 1.82) is 0 Å². The van der Waals surface area contributed by atoms with Crippen LogP contribution >= 0.6 is 0 Å². The molecule has 0 bridgehead atoms. The van der Waals surface area contributed by atoms with Crippen molar-refractivity contribution in [2.24, 2.45) is 0 Å². The van der Waals surface area contributed by atoms with Gasteiger partial charge in [0.25, 0.3) is 0 Å². The Hall–Kier alpha value is -2.14. The van der Waals surface area contributed by atoms with Crippen molar-refractivity contribution in [3.8, 4) is 5.75 Å². The Morgan fingerprint density at radius 1 is 1.45 bits per heavy atom. The second-order valence-corrected chi connectivity index (χ2v) is 5.24. The van der Waals surface area contributed by atoms with Crippen LogP contribution in [0.4, 0.5) is 0 Å². The van der Waals surface area contributed by atoms with Gasteiger partial charge in [0.1, 0.15) is 11.4 Å². The van der Waals surface area contributed by atoms with Crippen LogP contribution in [0.3, 0.4) is 0 Å². The molecule has 2 aliphatic heterocycles. The minimum absolute atomic E-state index is 0.0560. The number of carboxylic acid groups (broad SMARTS) is 1. The molecule has 1 aromatic carbocycles. The van der Waals surface area contributed by atoms with E-state index in [1.54, 1.807) is 18.2 Å². The SMILES string of the molecule is O=C(O)C=Cc1ccc2c(c1)C(=O)CC1(CCNC1)O2. The molecule has 5 nitrogen and oxygen atoms in total. The number of Topliss-reactive ketones (excluding diaryl/α,β-unsaturated/α-hetero) is 1. The molecule has 20 heavy (non-hydrogen) atoms. The molecule has 1 spiro atoms. The Morgan fingerprint density at radius 2 is 2.30 bits per heavy atom. The van der Waals surface area contributed by atoms with E-state index in [2.05, 4.69) is 5.32 Å². The van der Waals surface area contributed by atoms with E-state index in [0.717, 1.165) is 19.0 Å². The molecule has 104 valence electrons. The number of hydrogen-bond acceptors (Lipinski definition) is 4. The maximum atomic E-state index is 12.3. The van der Waals surface area contributed by atoms with Gasteiger partial charge < -0.3 is 15.2 Å². The Balaban J connectivity index is 1.91. The molecule has 1 unspecified atom stereocenters. The van der Waals surface area contributed by atoms with E-state index in [4.69, 9.17) is 9.84 Å². The highest BCUT2D eigenvalue weighted by Gasteiger charge is 2.42. The minimum atomic E-state index is -1.01. The van der Waals surface area contributed by atoms with E-state index in [1.165, 1.54) is 6.08 Å². The zero-order chi connectivity index (χ0) is 14.2. The van der Waals surface area contributed by atoms with Crippen LogP contribution in [-0.2, 0) is 4.79 Å². The lowest BCUT2D eigenvalue weighted by atomic mass is 9.88. The number of carbonyl (C=O) groups is 2. The van der Waals surface area contributed by atoms with Crippen molar-refractivity contribution in [1.82, 2.24) is 5.32 Å². The Kier molecular flexibility index (Phi) is 3.06. The van der Waals surface area contributed by atoms with Gasteiger partial charge in [-0.15, -0.1) is 0 Å². The van der Waals surface area contributed by atoms with Crippen molar-refractivity contribution in [3.05, 3.63) is 35.4 Å². The number of hydrogen-bond donors (Lipinski definition) is 2. The fourth-order valence-corrected chi connectivity index (χ4v) is 2.74. The first-order chi connectivity index (χ1) is 9.58. The molecule has 0 radical (unpaired) electrons. The topological polar surface area (TPSA) is 75.6 Å². The fourth-order valence-electron chi connectivity index (χ4n) is 2.74. The summed E-state index contributed by atoms with van der Waals surface area (Å²) in [5.74, 6) is -0.362. The molecule has 0 aliphatic carbocycles. The van der Waals surface area contributed by atoms with E-state index in [0.29, 0.717) is 29.8 Å². The number of carbonyl (C=O) groups excluding carboxylic acids is 1. The Bertz CT molecular complexity index is 600. The molecule has 2 aliphatic rings. The highest BCUT2D eigenvalue weighted by atomic mass is 16.5. The summed E-state index contributed by atoms with van der Waals surface area (Å²) in [6.07, 6.45) is 3.73. The molecular weight excluding hydrogens is 258 g/mol. The zero-order valence-corrected chi connectivity index (χ0v) is 10.9. The highest BCUT2D eigenvalue weighted by molar-refractivity contribution is 6.01. The molecule has 1 saturated heterocycles. The third-order valence-electron chi connectivity index (χ3n) is 3.74. The summed E-state index contributed by atoms with van der Waals surface area (Å²) in [6.45, 7) is 1.56. The first-order valence-corrected chi connectivity index (χ1v) is 6.56. The van der Waals surface area contributed by atoms with E-state index in [9.17, 15) is 9.59 Å². The normalized spacial score (nSPS) is 24.9. The number of benzene rings is 1. The van der Waals surface area contributed by atoms with Crippen LogP contribution in [-0.4, -0.2) is 35.5 Å². The van der Waals surface area contributed by atoms with Crippen molar-refractivity contribution >= 4 is 17.8 Å². The minimum Gasteiger partial charge on any atom is -0.485 e. The van der Waals surface area contributed by atoms with Crippen molar-refractivity contribution in [3.63, 3.8) is 0 Å². The summed E-state index contributed by atoms with van der Waals surface area (Å²) in [5, 5.41) is 11.8. The van der Waals surface area contributed by atoms with Gasteiger partial charge in [0.05, 0.1) is 12.0 Å². The smallest absolute Gasteiger partial charge is 0.328 e. The number of aliphatic carboxylic acids is 1. The quantitative estimate of drug-likeness (QED) is 0.798.